The second kappa shape index (κ2) is 13.4. The molecule has 0 aromatic carbocycles. The highest BCUT2D eigenvalue weighted by atomic mass is 16.3. The van der Waals surface area contributed by atoms with Crippen LogP contribution >= 0.6 is 0 Å². The third kappa shape index (κ3) is 7.70. The van der Waals surface area contributed by atoms with Gasteiger partial charge >= 0.3 is 0 Å². The summed E-state index contributed by atoms with van der Waals surface area (Å²) in [7, 11) is 0. The van der Waals surface area contributed by atoms with Crippen LogP contribution in [0.5, 0.6) is 0 Å². The molecule has 0 spiro atoms. The molecule has 0 saturated heterocycles. The Morgan fingerprint density at radius 3 is 1.40 bits per heavy atom. The van der Waals surface area contributed by atoms with Crippen molar-refractivity contribution in [1.29, 1.82) is 0 Å². The predicted octanol–water partition coefficient (Wildman–Crippen LogP) is 10.0. The van der Waals surface area contributed by atoms with Gasteiger partial charge in [0.15, 0.2) is 0 Å². The Bertz CT molecular complexity index is 912. The number of rotatable bonds is 7. The maximum absolute atomic E-state index is 12.2. The number of Topliss-reactive ketones (excluding diaryl/α,β-unsaturated/α-hetero) is 2. The molecule has 0 unspecified atom stereocenters. The quantitative estimate of drug-likeness (QED) is 0.304. The van der Waals surface area contributed by atoms with Gasteiger partial charge in [0.2, 0.25) is 0 Å². The smallest absolute Gasteiger partial charge is 0.136 e. The Labute approximate surface area is 259 Å². The van der Waals surface area contributed by atoms with E-state index in [0.717, 1.165) is 38.5 Å². The van der Waals surface area contributed by atoms with Gasteiger partial charge in [0.05, 0.1) is 5.60 Å². The van der Waals surface area contributed by atoms with Gasteiger partial charge in [0.25, 0.3) is 0 Å². The van der Waals surface area contributed by atoms with Gasteiger partial charge in [-0.05, 0) is 111 Å². The van der Waals surface area contributed by atoms with Crippen LogP contribution in [0.25, 0.3) is 0 Å². The maximum atomic E-state index is 12.2. The molecule has 4 aliphatic rings. The molecular formula is C39H66O3. The van der Waals surface area contributed by atoms with Crippen molar-refractivity contribution in [1.82, 2.24) is 0 Å². The van der Waals surface area contributed by atoms with Crippen molar-refractivity contribution in [2.24, 2.45) is 63.6 Å². The molecule has 3 heteroatoms. The number of aliphatic hydroxyl groups is 1. The molecule has 4 fully saturated rings. The lowest BCUT2D eigenvalue weighted by molar-refractivity contribution is -0.130. The highest BCUT2D eigenvalue weighted by Gasteiger charge is 2.53. The lowest BCUT2D eigenvalue weighted by Gasteiger charge is -2.41. The molecule has 4 rings (SSSR count). The van der Waals surface area contributed by atoms with Crippen molar-refractivity contribution in [3.63, 3.8) is 0 Å². The van der Waals surface area contributed by atoms with E-state index in [2.05, 4.69) is 86.6 Å². The number of carbonyl (C=O) groups excluding carboxylic acids is 2. The number of allylic oxidation sites excluding steroid dienone is 3. The van der Waals surface area contributed by atoms with E-state index in [9.17, 15) is 14.7 Å². The molecule has 240 valence electrons. The topological polar surface area (TPSA) is 54.4 Å². The van der Waals surface area contributed by atoms with Crippen LogP contribution in [0.4, 0.5) is 0 Å². The van der Waals surface area contributed by atoms with Crippen molar-refractivity contribution < 1.29 is 14.7 Å². The largest absolute Gasteiger partial charge is 0.390 e. The summed E-state index contributed by atoms with van der Waals surface area (Å²) >= 11 is 0. The van der Waals surface area contributed by atoms with E-state index in [1.54, 1.807) is 0 Å². The summed E-state index contributed by atoms with van der Waals surface area (Å²) in [6.45, 7) is 24.4. The number of hydrogen-bond acceptors (Lipinski definition) is 3. The number of fused-ring (bicyclic) bond motifs is 2. The fourth-order valence-electron chi connectivity index (χ4n) is 9.14. The molecule has 0 radical (unpaired) electrons. The van der Waals surface area contributed by atoms with Crippen LogP contribution in [0, 0.1) is 63.6 Å². The second-order valence-electron chi connectivity index (χ2n) is 17.2. The van der Waals surface area contributed by atoms with Gasteiger partial charge in [-0.25, -0.2) is 0 Å². The second-order valence-corrected chi connectivity index (χ2v) is 17.2. The van der Waals surface area contributed by atoms with Crippen LogP contribution in [-0.2, 0) is 9.59 Å². The number of carbonyl (C=O) groups is 2. The summed E-state index contributed by atoms with van der Waals surface area (Å²) in [5.74, 6) is 4.83. The minimum Gasteiger partial charge on any atom is -0.390 e. The molecule has 0 aromatic heterocycles. The van der Waals surface area contributed by atoms with Crippen molar-refractivity contribution in [3.05, 3.63) is 24.3 Å². The first-order valence-electron chi connectivity index (χ1n) is 17.5. The molecule has 0 aromatic rings. The van der Waals surface area contributed by atoms with Crippen LogP contribution < -0.4 is 0 Å². The Morgan fingerprint density at radius 2 is 1.05 bits per heavy atom. The fourth-order valence-corrected chi connectivity index (χ4v) is 9.14. The molecule has 3 nitrogen and oxygen atoms in total. The van der Waals surface area contributed by atoms with Crippen LogP contribution in [-0.4, -0.2) is 22.3 Å². The molecular weight excluding hydrogens is 516 g/mol. The van der Waals surface area contributed by atoms with E-state index in [0.29, 0.717) is 58.4 Å². The van der Waals surface area contributed by atoms with Gasteiger partial charge in [0.1, 0.15) is 11.6 Å². The summed E-state index contributed by atoms with van der Waals surface area (Å²) in [5, 5.41) is 10.0. The van der Waals surface area contributed by atoms with Gasteiger partial charge in [-0.15, -0.1) is 0 Å². The van der Waals surface area contributed by atoms with Crippen LogP contribution in [0.15, 0.2) is 24.3 Å². The normalized spacial score (nSPS) is 36.8. The predicted molar refractivity (Wildman–Crippen MR) is 177 cm³/mol. The monoisotopic (exact) mass is 583 g/mol. The maximum Gasteiger partial charge on any atom is 0.136 e. The van der Waals surface area contributed by atoms with Gasteiger partial charge in [-0.1, -0.05) is 86.6 Å². The van der Waals surface area contributed by atoms with Crippen LogP contribution in [0.1, 0.15) is 140 Å². The van der Waals surface area contributed by atoms with Gasteiger partial charge < -0.3 is 5.11 Å². The Kier molecular flexibility index (Phi) is 11.3. The van der Waals surface area contributed by atoms with Crippen molar-refractivity contribution in [2.45, 2.75) is 146 Å². The summed E-state index contributed by atoms with van der Waals surface area (Å²) < 4.78 is 0. The zero-order valence-corrected chi connectivity index (χ0v) is 29.3. The van der Waals surface area contributed by atoms with Gasteiger partial charge in [-0.2, -0.15) is 0 Å². The third-order valence-electron chi connectivity index (χ3n) is 13.0. The van der Waals surface area contributed by atoms with Gasteiger partial charge in [-0.3, -0.25) is 9.59 Å². The SMILES string of the molecule is C[C@H](/C=C/[C@H](C)C(C)(C)C)[C@H]1CC[C@H]2C(=O)CCC[C@]12C.C[C@H](/C=C/[C@H](C)C(C)(C)O)[C@H]1CC[C@H]2C(=O)CCC[C@]12C. The molecule has 42 heavy (non-hydrogen) atoms. The van der Waals surface area contributed by atoms with Gasteiger partial charge in [0, 0.05) is 30.6 Å². The molecule has 10 atom stereocenters. The molecule has 4 saturated carbocycles. The highest BCUT2D eigenvalue weighted by molar-refractivity contribution is 5.83. The lowest BCUT2D eigenvalue weighted by atomic mass is 9.62. The number of ketones is 2. The zero-order valence-electron chi connectivity index (χ0n) is 29.3. The summed E-state index contributed by atoms with van der Waals surface area (Å²) in [6, 6.07) is 0. The average molecular weight is 583 g/mol. The standard InChI is InChI=1S/C20H34O.C19H32O2/c1-14(9-10-15(2)19(3,4)5)16-11-12-17-18(21)8-7-13-20(16,17)6;1-13(8-9-14(2)18(3,4)21)15-10-11-16-17(20)7-6-12-19(15,16)5/h9-10,14-17H,7-8,11-13H2,1-6H3;8-9,13-16,21H,6-7,10-12H2,1-5H3/b10-9+;9-8+/t14-,15+,16-,17+,20-;13-,14+,15-,16+,19-/m11/s1. The molecule has 0 amide bonds. The first-order valence-corrected chi connectivity index (χ1v) is 17.5. The summed E-state index contributed by atoms with van der Waals surface area (Å²) in [4.78, 5) is 24.4. The minimum atomic E-state index is -0.668. The summed E-state index contributed by atoms with van der Waals surface area (Å²) in [6.07, 6.45) is 20.2. The molecule has 0 aliphatic heterocycles. The average Bonchev–Trinajstić information content (AvgIpc) is 3.43. The van der Waals surface area contributed by atoms with E-state index in [4.69, 9.17) is 0 Å². The van der Waals surface area contributed by atoms with Crippen molar-refractivity contribution in [2.75, 3.05) is 0 Å². The van der Waals surface area contributed by atoms with Crippen LogP contribution in [0.3, 0.4) is 0 Å². The van der Waals surface area contributed by atoms with E-state index >= 15 is 0 Å². The van der Waals surface area contributed by atoms with E-state index in [1.807, 2.05) is 13.8 Å². The molecule has 4 aliphatic carbocycles. The highest BCUT2D eigenvalue weighted by Crippen LogP contribution is 2.58. The first-order chi connectivity index (χ1) is 19.3. The lowest BCUT2D eigenvalue weighted by Crippen LogP contribution is -2.39. The van der Waals surface area contributed by atoms with E-state index < -0.39 is 5.60 Å². The zero-order chi connectivity index (χ0) is 31.7. The van der Waals surface area contributed by atoms with Crippen molar-refractivity contribution >= 4 is 11.6 Å². The van der Waals surface area contributed by atoms with E-state index in [1.165, 1.54) is 25.7 Å². The Balaban J connectivity index is 0.000000230. The van der Waals surface area contributed by atoms with E-state index in [-0.39, 0.29) is 16.7 Å². The third-order valence-corrected chi connectivity index (χ3v) is 13.0. The molecule has 0 heterocycles. The summed E-state index contributed by atoms with van der Waals surface area (Å²) in [5.41, 5.74) is 0.138. The number of hydrogen-bond donors (Lipinski definition) is 1. The molecule has 1 N–H and O–H groups in total. The minimum absolute atomic E-state index is 0.151. The Morgan fingerprint density at radius 1 is 0.667 bits per heavy atom. The van der Waals surface area contributed by atoms with Crippen LogP contribution in [0.2, 0.25) is 0 Å². The first kappa shape index (κ1) is 35.3. The van der Waals surface area contributed by atoms with Crippen molar-refractivity contribution in [3.8, 4) is 0 Å². The Hall–Kier alpha value is -1.22. The molecule has 0 bridgehead atoms. The fraction of sp³-hybridized carbons (Fsp3) is 0.846.